The van der Waals surface area contributed by atoms with Gasteiger partial charge in [-0.15, -0.1) is 12.4 Å². The van der Waals surface area contributed by atoms with Crippen LogP contribution in [0.3, 0.4) is 0 Å². The Balaban J connectivity index is 0.00000387. The number of rotatable bonds is 10. The topological polar surface area (TPSA) is 92.3 Å². The standard InChI is InChI=1S/C29H32N4O5S2.ClH/c1-31(2)17-7-18-32(29-30-26-24(37-3)14-15-25(38-4)27(26)39-29)28(34)21-10-12-22(13-11-21)40(35,36)33-19-16-20-8-5-6-9-23(20)33;/h5-6,8-15H,7,16-19H2,1-4H3;1H. The van der Waals surface area contributed by atoms with Gasteiger partial charge in [0, 0.05) is 18.7 Å². The molecule has 1 amide bonds. The van der Waals surface area contributed by atoms with Crippen molar-refractivity contribution in [2.45, 2.75) is 17.7 Å². The maximum atomic E-state index is 13.8. The summed E-state index contributed by atoms with van der Waals surface area (Å²) in [7, 11) is 3.38. The molecule has 0 aliphatic carbocycles. The van der Waals surface area contributed by atoms with Gasteiger partial charge in [0.25, 0.3) is 15.9 Å². The average molecular weight is 617 g/mol. The lowest BCUT2D eigenvalue weighted by molar-refractivity contribution is 0.0986. The minimum Gasteiger partial charge on any atom is -0.495 e. The van der Waals surface area contributed by atoms with E-state index in [1.807, 2.05) is 44.4 Å². The summed E-state index contributed by atoms with van der Waals surface area (Å²) in [4.78, 5) is 22.5. The number of ether oxygens (including phenoxy) is 2. The molecule has 0 spiro atoms. The molecule has 0 fully saturated rings. The van der Waals surface area contributed by atoms with Crippen LogP contribution in [0.25, 0.3) is 10.2 Å². The predicted molar refractivity (Wildman–Crippen MR) is 166 cm³/mol. The van der Waals surface area contributed by atoms with Crippen LogP contribution in [0.2, 0.25) is 0 Å². The molecular formula is C29H33ClN4O5S2. The van der Waals surface area contributed by atoms with Crippen LogP contribution in [0.1, 0.15) is 22.3 Å². The predicted octanol–water partition coefficient (Wildman–Crippen LogP) is 5.09. The molecule has 3 aromatic carbocycles. The van der Waals surface area contributed by atoms with Crippen molar-refractivity contribution in [1.29, 1.82) is 0 Å². The summed E-state index contributed by atoms with van der Waals surface area (Å²) in [6, 6.07) is 17.3. The second-order valence-corrected chi connectivity index (χ2v) is 12.6. The molecule has 1 aliphatic rings. The fraction of sp³-hybridized carbons (Fsp3) is 0.310. The number of carbonyl (C=O) groups excluding carboxylic acids is 1. The molecule has 1 aliphatic heterocycles. The molecule has 5 rings (SSSR count). The SMILES string of the molecule is COc1ccc(OC)c2sc(N(CCCN(C)C)C(=O)c3ccc(S(=O)(=O)N4CCc5ccccc54)cc3)nc12.Cl. The van der Waals surface area contributed by atoms with Gasteiger partial charge in [-0.2, -0.15) is 0 Å². The third-order valence-electron chi connectivity index (χ3n) is 6.90. The first-order valence-corrected chi connectivity index (χ1v) is 15.2. The summed E-state index contributed by atoms with van der Waals surface area (Å²) in [5, 5.41) is 0.520. The summed E-state index contributed by atoms with van der Waals surface area (Å²) >= 11 is 1.36. The largest absolute Gasteiger partial charge is 0.495 e. The summed E-state index contributed by atoms with van der Waals surface area (Å²) in [6.45, 7) is 1.62. The van der Waals surface area contributed by atoms with Gasteiger partial charge in [-0.05, 0) is 81.5 Å². The summed E-state index contributed by atoms with van der Waals surface area (Å²) in [5.74, 6) is 0.988. The highest BCUT2D eigenvalue weighted by molar-refractivity contribution is 7.92. The lowest BCUT2D eigenvalue weighted by atomic mass is 10.2. The summed E-state index contributed by atoms with van der Waals surface area (Å²) in [6.07, 6.45) is 1.40. The van der Waals surface area contributed by atoms with Gasteiger partial charge < -0.3 is 14.4 Å². The molecule has 0 radical (unpaired) electrons. The van der Waals surface area contributed by atoms with Gasteiger partial charge in [0.15, 0.2) is 5.13 Å². The van der Waals surface area contributed by atoms with E-state index < -0.39 is 10.0 Å². The summed E-state index contributed by atoms with van der Waals surface area (Å²) < 4.78 is 40.2. The molecule has 12 heteroatoms. The molecule has 4 aromatic rings. The number of fused-ring (bicyclic) bond motifs is 2. The van der Waals surface area contributed by atoms with Crippen molar-refractivity contribution in [3.63, 3.8) is 0 Å². The monoisotopic (exact) mass is 616 g/mol. The van der Waals surface area contributed by atoms with E-state index in [1.54, 1.807) is 37.3 Å². The van der Waals surface area contributed by atoms with E-state index in [-0.39, 0.29) is 23.2 Å². The Morgan fingerprint density at radius 1 is 0.976 bits per heavy atom. The van der Waals surface area contributed by atoms with E-state index in [9.17, 15) is 13.2 Å². The second-order valence-electron chi connectivity index (χ2n) is 9.74. The third-order valence-corrected chi connectivity index (χ3v) is 9.82. The van der Waals surface area contributed by atoms with Gasteiger partial charge in [0.2, 0.25) is 0 Å². The molecule has 0 bridgehead atoms. The Kier molecular flexibility index (Phi) is 9.43. The number of hydrogen-bond acceptors (Lipinski definition) is 8. The Morgan fingerprint density at radius 3 is 2.34 bits per heavy atom. The van der Waals surface area contributed by atoms with Crippen LogP contribution in [0.15, 0.2) is 65.6 Å². The number of nitrogens with zero attached hydrogens (tertiary/aromatic N) is 4. The van der Waals surface area contributed by atoms with E-state index >= 15 is 0 Å². The first-order valence-electron chi connectivity index (χ1n) is 12.9. The smallest absolute Gasteiger partial charge is 0.264 e. The Bertz CT molecular complexity index is 1600. The fourth-order valence-corrected chi connectivity index (χ4v) is 7.43. The number of thiazole rings is 1. The quantitative estimate of drug-likeness (QED) is 0.245. The van der Waals surface area contributed by atoms with E-state index in [1.165, 1.54) is 27.8 Å². The van der Waals surface area contributed by atoms with Crippen LogP contribution in [-0.4, -0.2) is 72.2 Å². The lowest BCUT2D eigenvalue weighted by Crippen LogP contribution is -2.33. The number of anilines is 2. The number of aromatic nitrogens is 1. The van der Waals surface area contributed by atoms with Crippen LogP contribution >= 0.6 is 23.7 Å². The molecule has 9 nitrogen and oxygen atoms in total. The van der Waals surface area contributed by atoms with Crippen molar-refractivity contribution in [2.24, 2.45) is 0 Å². The van der Waals surface area contributed by atoms with Crippen LogP contribution in [-0.2, 0) is 16.4 Å². The number of para-hydroxylation sites is 1. The van der Waals surface area contributed by atoms with Crippen molar-refractivity contribution < 1.29 is 22.7 Å². The average Bonchev–Trinajstić information content (AvgIpc) is 3.60. The lowest BCUT2D eigenvalue weighted by Gasteiger charge is -2.22. The van der Waals surface area contributed by atoms with Gasteiger partial charge in [0.05, 0.1) is 24.8 Å². The number of methoxy groups -OCH3 is 2. The molecule has 0 saturated heterocycles. The maximum absolute atomic E-state index is 13.8. The maximum Gasteiger partial charge on any atom is 0.264 e. The van der Waals surface area contributed by atoms with Gasteiger partial charge in [-0.25, -0.2) is 13.4 Å². The zero-order valence-electron chi connectivity index (χ0n) is 23.4. The van der Waals surface area contributed by atoms with Crippen LogP contribution < -0.4 is 18.7 Å². The summed E-state index contributed by atoms with van der Waals surface area (Å²) in [5.41, 5.74) is 2.72. The highest BCUT2D eigenvalue weighted by Gasteiger charge is 2.31. The molecule has 0 unspecified atom stereocenters. The first kappa shape index (κ1) is 30.6. The number of sulfonamides is 1. The molecule has 1 aromatic heterocycles. The van der Waals surface area contributed by atoms with Crippen molar-refractivity contribution in [3.8, 4) is 11.5 Å². The number of hydrogen-bond donors (Lipinski definition) is 0. The van der Waals surface area contributed by atoms with E-state index in [0.29, 0.717) is 52.9 Å². The normalized spacial score (nSPS) is 12.8. The second kappa shape index (κ2) is 12.6. The first-order chi connectivity index (χ1) is 19.2. The van der Waals surface area contributed by atoms with Gasteiger partial charge in [-0.1, -0.05) is 29.5 Å². The van der Waals surface area contributed by atoms with E-state index in [2.05, 4.69) is 4.90 Å². The molecule has 0 atom stereocenters. The Morgan fingerprint density at radius 2 is 1.66 bits per heavy atom. The Hall–Kier alpha value is -3.38. The van der Waals surface area contributed by atoms with Crippen molar-refractivity contribution in [1.82, 2.24) is 9.88 Å². The van der Waals surface area contributed by atoms with Gasteiger partial charge in [-0.3, -0.25) is 14.0 Å². The van der Waals surface area contributed by atoms with Crippen LogP contribution in [0.4, 0.5) is 10.8 Å². The highest BCUT2D eigenvalue weighted by Crippen LogP contribution is 2.40. The molecule has 2 heterocycles. The molecule has 218 valence electrons. The number of halogens is 1. The minimum absolute atomic E-state index is 0. The number of benzene rings is 3. The van der Waals surface area contributed by atoms with Crippen molar-refractivity contribution in [2.75, 3.05) is 57.2 Å². The van der Waals surface area contributed by atoms with Gasteiger partial charge >= 0.3 is 0 Å². The highest BCUT2D eigenvalue weighted by atomic mass is 35.5. The zero-order valence-corrected chi connectivity index (χ0v) is 25.8. The van der Waals surface area contributed by atoms with Gasteiger partial charge in [0.1, 0.15) is 21.7 Å². The molecular weight excluding hydrogens is 584 g/mol. The molecule has 0 N–H and O–H groups in total. The van der Waals surface area contributed by atoms with Crippen molar-refractivity contribution >= 4 is 60.7 Å². The Labute approximate surface area is 250 Å². The third kappa shape index (κ3) is 5.99. The fourth-order valence-electron chi connectivity index (χ4n) is 4.83. The minimum atomic E-state index is -3.76. The van der Waals surface area contributed by atoms with Crippen LogP contribution in [0, 0.1) is 0 Å². The molecule has 41 heavy (non-hydrogen) atoms. The van der Waals surface area contributed by atoms with E-state index in [4.69, 9.17) is 14.5 Å². The molecule has 0 saturated carbocycles. The van der Waals surface area contributed by atoms with Crippen LogP contribution in [0.5, 0.6) is 11.5 Å². The number of amides is 1. The van der Waals surface area contributed by atoms with Crippen molar-refractivity contribution in [3.05, 3.63) is 71.8 Å². The van der Waals surface area contributed by atoms with E-state index in [0.717, 1.165) is 23.2 Å². The zero-order chi connectivity index (χ0) is 28.4. The number of carbonyl (C=O) groups is 1.